The molecule has 3 aromatic rings. The van der Waals surface area contributed by atoms with Gasteiger partial charge in [-0.2, -0.15) is 5.10 Å². The Kier molecular flexibility index (Phi) is 11.3. The molecule has 0 saturated carbocycles. The zero-order chi connectivity index (χ0) is 29.2. The highest BCUT2D eigenvalue weighted by molar-refractivity contribution is 8.14. The highest BCUT2D eigenvalue weighted by atomic mass is 35.5. The number of oxime groups is 1. The first kappa shape index (κ1) is 31.2. The van der Waals surface area contributed by atoms with E-state index in [1.54, 1.807) is 6.07 Å². The number of para-hydroxylation sites is 1. The molecule has 0 aliphatic carbocycles. The Labute approximate surface area is 255 Å². The summed E-state index contributed by atoms with van der Waals surface area (Å²) in [6.07, 6.45) is 2.10. The molecule has 5 N–H and O–H groups in total. The summed E-state index contributed by atoms with van der Waals surface area (Å²) in [6.45, 7) is 2.37. The number of nitrogens with zero attached hydrogens (tertiary/aromatic N) is 4. The summed E-state index contributed by atoms with van der Waals surface area (Å²) in [7, 11) is 1.53. The summed E-state index contributed by atoms with van der Waals surface area (Å²) in [5, 5.41) is 22.5. The molecule has 1 fully saturated rings. The number of hydrogen-bond acceptors (Lipinski definition) is 8. The van der Waals surface area contributed by atoms with E-state index in [0.717, 1.165) is 48.6 Å². The highest BCUT2D eigenvalue weighted by Gasteiger charge is 2.34. The van der Waals surface area contributed by atoms with Gasteiger partial charge in [0, 0.05) is 24.8 Å². The molecule has 1 saturated heterocycles. The smallest absolute Gasteiger partial charge is 0.201 e. The molecular formula is C30H36Cl2N6O2S. The van der Waals surface area contributed by atoms with Crippen molar-refractivity contribution in [1.82, 2.24) is 4.90 Å². The molecule has 0 spiro atoms. The van der Waals surface area contributed by atoms with Crippen LogP contribution in [0.4, 0.5) is 5.69 Å². The van der Waals surface area contributed by atoms with E-state index in [1.807, 2.05) is 72.8 Å². The van der Waals surface area contributed by atoms with Crippen LogP contribution in [-0.2, 0) is 10.4 Å². The summed E-state index contributed by atoms with van der Waals surface area (Å²) in [5.74, 6) is 12.4. The molecule has 11 heteroatoms. The molecule has 1 aliphatic rings. The quantitative estimate of drug-likeness (QED) is 0.114. The number of anilines is 1. The maximum absolute atomic E-state index is 11.3. The van der Waals surface area contributed by atoms with Crippen LogP contribution < -0.4 is 16.7 Å². The zero-order valence-electron chi connectivity index (χ0n) is 23.0. The summed E-state index contributed by atoms with van der Waals surface area (Å²) in [5.41, 5.74) is 2.70. The van der Waals surface area contributed by atoms with E-state index in [0.29, 0.717) is 33.8 Å². The molecule has 0 aromatic heterocycles. The van der Waals surface area contributed by atoms with Gasteiger partial charge in [-0.05, 0) is 61.2 Å². The third kappa shape index (κ3) is 8.16. The molecule has 4 rings (SSSR count). The third-order valence-corrected chi connectivity index (χ3v) is 9.12. The number of hydrogen-bond donors (Lipinski definition) is 3. The van der Waals surface area contributed by atoms with Crippen LogP contribution in [0.3, 0.4) is 0 Å². The fourth-order valence-corrected chi connectivity index (χ4v) is 6.22. The number of halogens is 2. The second-order valence-electron chi connectivity index (χ2n) is 9.93. The molecule has 0 radical (unpaired) electrons. The van der Waals surface area contributed by atoms with E-state index in [9.17, 15) is 5.11 Å². The lowest BCUT2D eigenvalue weighted by Gasteiger charge is -2.39. The lowest BCUT2D eigenvalue weighted by Crippen LogP contribution is -2.43. The van der Waals surface area contributed by atoms with Crippen molar-refractivity contribution in [3.63, 3.8) is 0 Å². The molecule has 218 valence electrons. The number of thioether (sulfide) groups is 1. The van der Waals surface area contributed by atoms with Gasteiger partial charge in [0.2, 0.25) is 5.17 Å². The third-order valence-electron chi connectivity index (χ3n) is 7.39. The topological polar surface area (TPSA) is 113 Å². The number of nitrogens with two attached hydrogens (primary N) is 2. The monoisotopic (exact) mass is 614 g/mol. The van der Waals surface area contributed by atoms with Gasteiger partial charge in [-0.15, -0.1) is 0 Å². The van der Waals surface area contributed by atoms with Crippen molar-refractivity contribution in [2.45, 2.75) is 30.8 Å². The Balaban J connectivity index is 1.48. The fourth-order valence-electron chi connectivity index (χ4n) is 5.06. The molecule has 1 aliphatic heterocycles. The predicted molar refractivity (Wildman–Crippen MR) is 171 cm³/mol. The summed E-state index contributed by atoms with van der Waals surface area (Å²) in [6, 6.07) is 25.0. The van der Waals surface area contributed by atoms with Crippen LogP contribution in [0.2, 0.25) is 10.0 Å². The van der Waals surface area contributed by atoms with Crippen molar-refractivity contribution in [1.29, 1.82) is 0 Å². The van der Waals surface area contributed by atoms with Gasteiger partial charge in [-0.3, -0.25) is 5.01 Å². The first-order valence-electron chi connectivity index (χ1n) is 13.4. The maximum Gasteiger partial charge on any atom is 0.201 e. The standard InChI is InChI=1S/C30H36Cl2N6O2S/c1-40-36-28(21-41-29(35-33)38(34)24-10-6-3-7-11-24)25(22-12-13-26(31)27(32)20-22)14-17-37-18-15-30(39,16-19-37)23-8-4-2-5-9-23/h2-13,20,25,39H,14-19,21,33-34H2,1H3/b35-29+,36-28+. The zero-order valence-corrected chi connectivity index (χ0v) is 25.3. The van der Waals surface area contributed by atoms with Crippen molar-refractivity contribution in [2.75, 3.05) is 37.5 Å². The Bertz CT molecular complexity index is 1320. The van der Waals surface area contributed by atoms with Crippen molar-refractivity contribution in [3.8, 4) is 0 Å². The van der Waals surface area contributed by atoms with Gasteiger partial charge in [-0.25, -0.2) is 5.84 Å². The summed E-state index contributed by atoms with van der Waals surface area (Å²) >= 11 is 14.0. The van der Waals surface area contributed by atoms with Crippen LogP contribution in [-0.4, -0.2) is 53.4 Å². The van der Waals surface area contributed by atoms with E-state index in [1.165, 1.54) is 23.9 Å². The van der Waals surface area contributed by atoms with Crippen molar-refractivity contribution in [2.24, 2.45) is 21.9 Å². The lowest BCUT2D eigenvalue weighted by molar-refractivity contribution is -0.0261. The van der Waals surface area contributed by atoms with Gasteiger partial charge in [0.05, 0.1) is 27.0 Å². The van der Waals surface area contributed by atoms with E-state index in [2.05, 4.69) is 15.2 Å². The van der Waals surface area contributed by atoms with E-state index in [-0.39, 0.29) is 5.92 Å². The fraction of sp³-hybridized carbons (Fsp3) is 0.333. The number of aliphatic hydroxyl groups is 1. The molecule has 41 heavy (non-hydrogen) atoms. The number of rotatable bonds is 10. The molecule has 0 bridgehead atoms. The highest BCUT2D eigenvalue weighted by Crippen LogP contribution is 2.34. The number of amidine groups is 1. The number of piperidine rings is 1. The SMILES string of the molecule is CO/N=C(\CS/C(=N/N)N(N)c1ccccc1)C(CCN1CCC(O)(c2ccccc2)CC1)c1ccc(Cl)c(Cl)c1. The van der Waals surface area contributed by atoms with Crippen LogP contribution in [0.1, 0.15) is 36.3 Å². The van der Waals surface area contributed by atoms with E-state index < -0.39 is 5.60 Å². The number of hydrazone groups is 1. The van der Waals surface area contributed by atoms with Crippen LogP contribution in [0.25, 0.3) is 0 Å². The van der Waals surface area contributed by atoms with Crippen LogP contribution >= 0.6 is 35.0 Å². The van der Waals surface area contributed by atoms with E-state index >= 15 is 0 Å². The minimum absolute atomic E-state index is 0.117. The van der Waals surface area contributed by atoms with Gasteiger partial charge >= 0.3 is 0 Å². The maximum atomic E-state index is 11.3. The van der Waals surface area contributed by atoms with Gasteiger partial charge in [0.25, 0.3) is 0 Å². The normalized spacial score (nSPS) is 16.8. The number of likely N-dealkylation sites (tertiary alicyclic amines) is 1. The Morgan fingerprint density at radius 3 is 2.32 bits per heavy atom. The number of hydrazine groups is 1. The molecule has 1 heterocycles. The van der Waals surface area contributed by atoms with Gasteiger partial charge in [-0.1, -0.05) is 94.7 Å². The van der Waals surface area contributed by atoms with E-state index in [4.69, 9.17) is 39.7 Å². The van der Waals surface area contributed by atoms with Crippen molar-refractivity contribution < 1.29 is 9.94 Å². The van der Waals surface area contributed by atoms with Crippen LogP contribution in [0.15, 0.2) is 89.1 Å². The minimum atomic E-state index is -0.801. The Morgan fingerprint density at radius 1 is 1.05 bits per heavy atom. The van der Waals surface area contributed by atoms with Gasteiger partial charge < -0.3 is 20.7 Å². The van der Waals surface area contributed by atoms with Crippen molar-refractivity contribution in [3.05, 3.63) is 100 Å². The lowest BCUT2D eigenvalue weighted by atomic mass is 9.84. The van der Waals surface area contributed by atoms with Crippen molar-refractivity contribution >= 4 is 51.5 Å². The Hall–Kier alpha value is -2.79. The Morgan fingerprint density at radius 2 is 1.71 bits per heavy atom. The first-order chi connectivity index (χ1) is 19.8. The molecular weight excluding hydrogens is 579 g/mol. The largest absolute Gasteiger partial charge is 0.399 e. The van der Waals surface area contributed by atoms with Gasteiger partial charge in [0.15, 0.2) is 0 Å². The molecule has 1 unspecified atom stereocenters. The molecule has 3 aromatic carbocycles. The van der Waals surface area contributed by atoms with Crippen LogP contribution in [0.5, 0.6) is 0 Å². The molecule has 1 atom stereocenters. The number of benzene rings is 3. The molecule has 0 amide bonds. The summed E-state index contributed by atoms with van der Waals surface area (Å²) < 4.78 is 0. The first-order valence-corrected chi connectivity index (χ1v) is 15.1. The summed E-state index contributed by atoms with van der Waals surface area (Å²) in [4.78, 5) is 7.67. The second kappa shape index (κ2) is 14.9. The predicted octanol–water partition coefficient (Wildman–Crippen LogP) is 5.80. The van der Waals surface area contributed by atoms with Crippen LogP contribution in [0, 0.1) is 0 Å². The second-order valence-corrected chi connectivity index (χ2v) is 11.7. The average molecular weight is 616 g/mol. The average Bonchev–Trinajstić information content (AvgIpc) is 3.01. The molecule has 8 nitrogen and oxygen atoms in total. The van der Waals surface area contributed by atoms with Gasteiger partial charge in [0.1, 0.15) is 7.11 Å². The minimum Gasteiger partial charge on any atom is -0.399 e.